The number of nitrogens with zero attached hydrogens (tertiary/aromatic N) is 3. The summed E-state index contributed by atoms with van der Waals surface area (Å²) in [6, 6.07) is 0.342. The molecule has 0 fully saturated rings. The molecular weight excluding hydrogens is 280 g/mol. The average molecular weight is 302 g/mol. The SMILES string of the molecule is CO[Si](CCCNC(=O)n1nc(C)nc1C)(OC)OC. The molecule has 1 rings (SSSR count). The van der Waals surface area contributed by atoms with Crippen molar-refractivity contribution in [3.8, 4) is 0 Å². The van der Waals surface area contributed by atoms with Crippen LogP contribution in [0.4, 0.5) is 4.79 Å². The van der Waals surface area contributed by atoms with Crippen LogP contribution >= 0.6 is 0 Å². The van der Waals surface area contributed by atoms with Gasteiger partial charge in [0, 0.05) is 33.9 Å². The lowest BCUT2D eigenvalue weighted by atomic mass is 10.5. The number of nitrogens with one attached hydrogen (secondary N) is 1. The van der Waals surface area contributed by atoms with E-state index in [1.165, 1.54) is 4.68 Å². The standard InChI is InChI=1S/C11H22N4O4Si/c1-9-13-10(2)15(14-9)11(16)12-7-6-8-20(17-3,18-4)19-5/h6-8H2,1-5H3,(H,12,16). The molecular formula is C11H22N4O4Si. The second-order valence-corrected chi connectivity index (χ2v) is 7.34. The van der Waals surface area contributed by atoms with Crippen LogP contribution in [0.5, 0.6) is 0 Å². The van der Waals surface area contributed by atoms with E-state index in [1.54, 1.807) is 35.2 Å². The van der Waals surface area contributed by atoms with Crippen molar-refractivity contribution in [2.24, 2.45) is 0 Å². The molecule has 1 aromatic rings. The number of hydrogen-bond acceptors (Lipinski definition) is 6. The number of hydrogen-bond donors (Lipinski definition) is 1. The van der Waals surface area contributed by atoms with Crippen molar-refractivity contribution in [1.29, 1.82) is 0 Å². The molecule has 0 bridgehead atoms. The zero-order valence-corrected chi connectivity index (χ0v) is 13.6. The summed E-state index contributed by atoms with van der Waals surface area (Å²) in [5, 5.41) is 6.79. The molecule has 0 aliphatic heterocycles. The maximum absolute atomic E-state index is 11.9. The average Bonchev–Trinajstić information content (AvgIpc) is 2.78. The summed E-state index contributed by atoms with van der Waals surface area (Å²) < 4.78 is 17.2. The van der Waals surface area contributed by atoms with Gasteiger partial charge in [0.2, 0.25) is 0 Å². The van der Waals surface area contributed by atoms with Gasteiger partial charge in [-0.25, -0.2) is 9.78 Å². The highest BCUT2D eigenvalue weighted by atomic mass is 28.4. The van der Waals surface area contributed by atoms with E-state index in [-0.39, 0.29) is 6.03 Å². The molecule has 0 saturated carbocycles. The number of amides is 1. The molecule has 0 spiro atoms. The van der Waals surface area contributed by atoms with Gasteiger partial charge in [-0.3, -0.25) is 0 Å². The lowest BCUT2D eigenvalue weighted by Gasteiger charge is -2.24. The third-order valence-corrected chi connectivity index (χ3v) is 5.77. The van der Waals surface area contributed by atoms with Crippen LogP contribution in [0.25, 0.3) is 0 Å². The van der Waals surface area contributed by atoms with Crippen molar-refractivity contribution in [3.63, 3.8) is 0 Å². The smallest absolute Gasteiger partial charge is 0.377 e. The van der Waals surface area contributed by atoms with Crippen molar-refractivity contribution in [3.05, 3.63) is 11.6 Å². The van der Waals surface area contributed by atoms with Gasteiger partial charge in [-0.1, -0.05) is 0 Å². The summed E-state index contributed by atoms with van der Waals surface area (Å²) in [4.78, 5) is 16.0. The summed E-state index contributed by atoms with van der Waals surface area (Å²) in [7, 11) is 2.14. The highest BCUT2D eigenvalue weighted by Crippen LogP contribution is 2.14. The number of carbonyl (C=O) groups is 1. The van der Waals surface area contributed by atoms with Crippen LogP contribution in [0.1, 0.15) is 18.1 Å². The van der Waals surface area contributed by atoms with Crippen molar-refractivity contribution in [2.45, 2.75) is 26.3 Å². The fourth-order valence-electron chi connectivity index (χ4n) is 1.84. The highest BCUT2D eigenvalue weighted by Gasteiger charge is 2.36. The van der Waals surface area contributed by atoms with E-state index in [1.807, 2.05) is 0 Å². The molecule has 1 aromatic heterocycles. The number of carbonyl (C=O) groups excluding carboxylic acids is 1. The van der Waals surface area contributed by atoms with Gasteiger partial charge in [0.05, 0.1) is 0 Å². The van der Waals surface area contributed by atoms with Gasteiger partial charge in [-0.05, 0) is 20.3 Å². The normalized spacial score (nSPS) is 11.7. The van der Waals surface area contributed by atoms with Gasteiger partial charge >= 0.3 is 14.8 Å². The highest BCUT2D eigenvalue weighted by molar-refractivity contribution is 6.60. The first-order valence-electron chi connectivity index (χ1n) is 6.32. The molecule has 114 valence electrons. The van der Waals surface area contributed by atoms with E-state index in [2.05, 4.69) is 15.4 Å². The van der Waals surface area contributed by atoms with Gasteiger partial charge in [-0.15, -0.1) is 5.10 Å². The predicted octanol–water partition coefficient (Wildman–Crippen LogP) is 0.721. The van der Waals surface area contributed by atoms with Gasteiger partial charge < -0.3 is 18.6 Å². The Hall–Kier alpha value is -1.29. The first-order chi connectivity index (χ1) is 9.48. The fraction of sp³-hybridized carbons (Fsp3) is 0.727. The van der Waals surface area contributed by atoms with Gasteiger partial charge in [0.1, 0.15) is 11.6 Å². The quantitative estimate of drug-likeness (QED) is 0.590. The van der Waals surface area contributed by atoms with Crippen molar-refractivity contribution >= 4 is 14.8 Å². The minimum Gasteiger partial charge on any atom is -0.377 e. The predicted molar refractivity (Wildman–Crippen MR) is 74.5 cm³/mol. The first kappa shape index (κ1) is 16.8. The van der Waals surface area contributed by atoms with Crippen molar-refractivity contribution in [1.82, 2.24) is 20.1 Å². The Morgan fingerprint density at radius 1 is 1.25 bits per heavy atom. The monoisotopic (exact) mass is 302 g/mol. The van der Waals surface area contributed by atoms with Gasteiger partial charge in [-0.2, -0.15) is 4.68 Å². The maximum atomic E-state index is 11.9. The Kier molecular flexibility index (Phi) is 6.27. The second kappa shape index (κ2) is 7.48. The zero-order chi connectivity index (χ0) is 15.2. The van der Waals surface area contributed by atoms with Gasteiger partial charge in [0.25, 0.3) is 0 Å². The minimum absolute atomic E-state index is 0.289. The molecule has 0 aliphatic carbocycles. The van der Waals surface area contributed by atoms with Crippen LogP contribution in [0.2, 0.25) is 6.04 Å². The minimum atomic E-state index is -2.56. The maximum Gasteiger partial charge on any atom is 0.500 e. The summed E-state index contributed by atoms with van der Waals surface area (Å²) in [6.45, 7) is 3.97. The fourth-order valence-corrected chi connectivity index (χ4v) is 3.57. The molecule has 20 heavy (non-hydrogen) atoms. The van der Waals surface area contributed by atoms with Gasteiger partial charge in [0.15, 0.2) is 0 Å². The van der Waals surface area contributed by atoms with Crippen LogP contribution in [0.15, 0.2) is 0 Å². The number of aromatic nitrogens is 3. The summed E-state index contributed by atoms with van der Waals surface area (Å²) >= 11 is 0. The molecule has 0 aromatic carbocycles. The molecule has 0 atom stereocenters. The van der Waals surface area contributed by atoms with Crippen molar-refractivity contribution in [2.75, 3.05) is 27.9 Å². The van der Waals surface area contributed by atoms with E-state index in [4.69, 9.17) is 13.3 Å². The molecule has 1 amide bonds. The lowest BCUT2D eigenvalue weighted by molar-refractivity contribution is 0.123. The molecule has 0 radical (unpaired) electrons. The zero-order valence-electron chi connectivity index (χ0n) is 12.6. The molecule has 1 heterocycles. The van der Waals surface area contributed by atoms with Crippen molar-refractivity contribution < 1.29 is 18.1 Å². The Morgan fingerprint density at radius 3 is 2.30 bits per heavy atom. The van der Waals surface area contributed by atoms with Crippen LogP contribution in [-0.2, 0) is 13.3 Å². The Morgan fingerprint density at radius 2 is 1.85 bits per heavy atom. The number of rotatable bonds is 7. The van der Waals surface area contributed by atoms with E-state index in [0.717, 1.165) is 0 Å². The Balaban J connectivity index is 2.41. The third-order valence-electron chi connectivity index (χ3n) is 2.94. The Labute approximate surface area is 119 Å². The summed E-state index contributed by atoms with van der Waals surface area (Å²) in [5.74, 6) is 1.14. The van der Waals surface area contributed by atoms with Crippen LogP contribution in [0.3, 0.4) is 0 Å². The molecule has 0 unspecified atom stereocenters. The van der Waals surface area contributed by atoms with Crippen LogP contribution in [0, 0.1) is 13.8 Å². The summed E-state index contributed by atoms with van der Waals surface area (Å²) in [5.41, 5.74) is 0. The van der Waals surface area contributed by atoms with Crippen LogP contribution < -0.4 is 5.32 Å². The Bertz CT molecular complexity index is 439. The molecule has 9 heteroatoms. The van der Waals surface area contributed by atoms with E-state index >= 15 is 0 Å². The second-order valence-electron chi connectivity index (χ2n) is 4.25. The first-order valence-corrected chi connectivity index (χ1v) is 8.25. The van der Waals surface area contributed by atoms with Crippen LogP contribution in [-0.4, -0.2) is 57.5 Å². The molecule has 1 N–H and O–H groups in total. The summed E-state index contributed by atoms with van der Waals surface area (Å²) in [6.07, 6.45) is 0.695. The molecule has 8 nitrogen and oxygen atoms in total. The molecule has 0 saturated heterocycles. The topological polar surface area (TPSA) is 87.5 Å². The van der Waals surface area contributed by atoms with E-state index < -0.39 is 8.80 Å². The van der Waals surface area contributed by atoms with E-state index in [0.29, 0.717) is 30.7 Å². The lowest BCUT2D eigenvalue weighted by Crippen LogP contribution is -2.43. The largest absolute Gasteiger partial charge is 0.500 e. The molecule has 0 aliphatic rings. The van der Waals surface area contributed by atoms with E-state index in [9.17, 15) is 4.79 Å². The number of aryl methyl sites for hydroxylation is 2. The third kappa shape index (κ3) is 4.10.